The molecule has 1 aliphatic heterocycles. The van der Waals surface area contributed by atoms with Crippen molar-refractivity contribution in [3.8, 4) is 0 Å². The molecule has 1 fully saturated rings. The summed E-state index contributed by atoms with van der Waals surface area (Å²) in [6.45, 7) is 2.22. The first-order chi connectivity index (χ1) is 9.15. The normalized spacial score (nSPS) is 20.2. The maximum absolute atomic E-state index is 13.4. The van der Waals surface area contributed by atoms with Crippen molar-refractivity contribution >= 4 is 5.91 Å². The van der Waals surface area contributed by atoms with Gasteiger partial charge in [0.25, 0.3) is 0 Å². The van der Waals surface area contributed by atoms with E-state index in [2.05, 4.69) is 5.32 Å². The van der Waals surface area contributed by atoms with Gasteiger partial charge in [-0.1, -0.05) is 18.2 Å². The molecule has 1 saturated heterocycles. The van der Waals surface area contributed by atoms with Crippen molar-refractivity contribution in [1.82, 2.24) is 10.2 Å². The molecule has 5 heteroatoms. The van der Waals surface area contributed by atoms with Gasteiger partial charge in [-0.3, -0.25) is 9.69 Å². The van der Waals surface area contributed by atoms with Gasteiger partial charge in [-0.2, -0.15) is 0 Å². The Morgan fingerprint density at radius 1 is 1.47 bits per heavy atom. The highest BCUT2D eigenvalue weighted by atomic mass is 19.1. The standard InChI is InChI=1S/C14H20FN3O/c15-13-6-2-1-4-11(13)8-17-14(19)10-18-7-3-5-12(16)9-18/h1-2,4,6,12H,3,5,7-10,16H2,(H,17,19). The van der Waals surface area contributed by atoms with E-state index in [-0.39, 0.29) is 24.3 Å². The maximum atomic E-state index is 13.4. The Kier molecular flexibility index (Phi) is 4.87. The van der Waals surface area contributed by atoms with Crippen molar-refractivity contribution in [2.75, 3.05) is 19.6 Å². The van der Waals surface area contributed by atoms with E-state index in [0.29, 0.717) is 12.1 Å². The highest BCUT2D eigenvalue weighted by Gasteiger charge is 2.18. The monoisotopic (exact) mass is 265 g/mol. The summed E-state index contributed by atoms with van der Waals surface area (Å²) in [5, 5.41) is 2.74. The third-order valence-electron chi connectivity index (χ3n) is 3.34. The summed E-state index contributed by atoms with van der Waals surface area (Å²) in [4.78, 5) is 13.8. The fourth-order valence-electron chi connectivity index (χ4n) is 2.33. The first-order valence-corrected chi connectivity index (χ1v) is 6.63. The molecule has 1 amide bonds. The molecule has 0 saturated carbocycles. The summed E-state index contributed by atoms with van der Waals surface area (Å²) in [7, 11) is 0. The molecular weight excluding hydrogens is 245 g/mol. The molecule has 1 aromatic rings. The van der Waals surface area contributed by atoms with Crippen LogP contribution in [0, 0.1) is 5.82 Å². The lowest BCUT2D eigenvalue weighted by Crippen LogP contribution is -2.46. The Balaban J connectivity index is 1.77. The molecule has 19 heavy (non-hydrogen) atoms. The molecule has 1 atom stereocenters. The summed E-state index contributed by atoms with van der Waals surface area (Å²) in [6, 6.07) is 6.62. The second kappa shape index (κ2) is 6.63. The van der Waals surface area contributed by atoms with Crippen molar-refractivity contribution in [3.63, 3.8) is 0 Å². The number of hydrogen-bond donors (Lipinski definition) is 2. The zero-order chi connectivity index (χ0) is 13.7. The summed E-state index contributed by atoms with van der Waals surface area (Å²) in [6.07, 6.45) is 2.05. The molecule has 0 aromatic heterocycles. The molecule has 1 heterocycles. The smallest absolute Gasteiger partial charge is 0.234 e. The molecule has 0 spiro atoms. The highest BCUT2D eigenvalue weighted by Crippen LogP contribution is 2.08. The van der Waals surface area contributed by atoms with E-state index in [9.17, 15) is 9.18 Å². The second-order valence-electron chi connectivity index (χ2n) is 5.01. The van der Waals surface area contributed by atoms with Gasteiger partial charge in [0, 0.05) is 24.7 Å². The van der Waals surface area contributed by atoms with E-state index in [1.54, 1.807) is 18.2 Å². The topological polar surface area (TPSA) is 58.4 Å². The molecule has 104 valence electrons. The molecule has 3 N–H and O–H groups in total. The molecule has 1 aliphatic rings. The van der Waals surface area contributed by atoms with Crippen molar-refractivity contribution in [2.24, 2.45) is 5.73 Å². The van der Waals surface area contributed by atoms with Gasteiger partial charge in [-0.15, -0.1) is 0 Å². The molecule has 4 nitrogen and oxygen atoms in total. The van der Waals surface area contributed by atoms with E-state index in [1.807, 2.05) is 4.90 Å². The first kappa shape index (κ1) is 14.0. The van der Waals surface area contributed by atoms with Gasteiger partial charge in [-0.05, 0) is 25.5 Å². The Hall–Kier alpha value is -1.46. The van der Waals surface area contributed by atoms with Crippen LogP contribution < -0.4 is 11.1 Å². The predicted octanol–water partition coefficient (Wildman–Crippen LogP) is 0.865. The maximum Gasteiger partial charge on any atom is 0.234 e. The zero-order valence-corrected chi connectivity index (χ0v) is 10.9. The van der Waals surface area contributed by atoms with Gasteiger partial charge < -0.3 is 11.1 Å². The minimum Gasteiger partial charge on any atom is -0.351 e. The Labute approximate surface area is 112 Å². The number of amides is 1. The number of benzene rings is 1. The number of nitrogens with one attached hydrogen (secondary N) is 1. The number of carbonyl (C=O) groups is 1. The van der Waals surface area contributed by atoms with E-state index in [0.717, 1.165) is 25.9 Å². The lowest BCUT2D eigenvalue weighted by atomic mass is 10.1. The fourth-order valence-corrected chi connectivity index (χ4v) is 2.33. The number of rotatable bonds is 4. The molecule has 2 rings (SSSR count). The fraction of sp³-hybridized carbons (Fsp3) is 0.500. The van der Waals surface area contributed by atoms with Crippen LogP contribution in [-0.4, -0.2) is 36.5 Å². The third kappa shape index (κ3) is 4.29. The minimum atomic E-state index is -0.289. The Bertz CT molecular complexity index is 438. The average Bonchev–Trinajstić information content (AvgIpc) is 2.38. The first-order valence-electron chi connectivity index (χ1n) is 6.63. The number of piperidine rings is 1. The van der Waals surface area contributed by atoms with E-state index >= 15 is 0 Å². The van der Waals surface area contributed by atoms with Crippen LogP contribution in [0.5, 0.6) is 0 Å². The van der Waals surface area contributed by atoms with Crippen LogP contribution in [0.1, 0.15) is 18.4 Å². The molecule has 1 unspecified atom stereocenters. The summed E-state index contributed by atoms with van der Waals surface area (Å²) in [5.41, 5.74) is 6.37. The van der Waals surface area contributed by atoms with Crippen molar-refractivity contribution in [1.29, 1.82) is 0 Å². The van der Waals surface area contributed by atoms with Crippen LogP contribution in [0.15, 0.2) is 24.3 Å². The Morgan fingerprint density at radius 3 is 3.00 bits per heavy atom. The largest absolute Gasteiger partial charge is 0.351 e. The second-order valence-corrected chi connectivity index (χ2v) is 5.01. The number of likely N-dealkylation sites (tertiary alicyclic amines) is 1. The van der Waals surface area contributed by atoms with Crippen molar-refractivity contribution in [2.45, 2.75) is 25.4 Å². The average molecular weight is 265 g/mol. The van der Waals surface area contributed by atoms with Crippen LogP contribution in [0.25, 0.3) is 0 Å². The number of hydrogen-bond acceptors (Lipinski definition) is 3. The summed E-state index contributed by atoms with van der Waals surface area (Å²) >= 11 is 0. The minimum absolute atomic E-state index is 0.0858. The van der Waals surface area contributed by atoms with Crippen molar-refractivity contribution < 1.29 is 9.18 Å². The quantitative estimate of drug-likeness (QED) is 0.849. The van der Waals surface area contributed by atoms with Gasteiger partial charge in [0.05, 0.1) is 6.54 Å². The van der Waals surface area contributed by atoms with Crippen LogP contribution >= 0.6 is 0 Å². The number of halogens is 1. The van der Waals surface area contributed by atoms with Crippen molar-refractivity contribution in [3.05, 3.63) is 35.6 Å². The summed E-state index contributed by atoms with van der Waals surface area (Å²) < 4.78 is 13.4. The van der Waals surface area contributed by atoms with Gasteiger partial charge in [0.15, 0.2) is 0 Å². The van der Waals surface area contributed by atoms with Gasteiger partial charge >= 0.3 is 0 Å². The predicted molar refractivity (Wildman–Crippen MR) is 71.9 cm³/mol. The third-order valence-corrected chi connectivity index (χ3v) is 3.34. The van der Waals surface area contributed by atoms with Crippen LogP contribution in [0.2, 0.25) is 0 Å². The Morgan fingerprint density at radius 2 is 2.26 bits per heavy atom. The summed E-state index contributed by atoms with van der Waals surface area (Å²) in [5.74, 6) is -0.375. The molecule has 0 aliphatic carbocycles. The molecule has 0 bridgehead atoms. The lowest BCUT2D eigenvalue weighted by Gasteiger charge is -2.29. The number of nitrogens with two attached hydrogens (primary N) is 1. The lowest BCUT2D eigenvalue weighted by molar-refractivity contribution is -0.122. The van der Waals surface area contributed by atoms with Gasteiger partial charge in [0.1, 0.15) is 5.82 Å². The SMILES string of the molecule is NC1CCCN(CC(=O)NCc2ccccc2F)C1. The molecular formula is C14H20FN3O. The number of carbonyl (C=O) groups excluding carboxylic acids is 1. The van der Waals surface area contributed by atoms with E-state index < -0.39 is 0 Å². The van der Waals surface area contributed by atoms with Gasteiger partial charge in [0.2, 0.25) is 5.91 Å². The van der Waals surface area contributed by atoms with Crippen LogP contribution in [0.3, 0.4) is 0 Å². The van der Waals surface area contributed by atoms with Crippen LogP contribution in [0.4, 0.5) is 4.39 Å². The molecule has 1 aromatic carbocycles. The van der Waals surface area contributed by atoms with Gasteiger partial charge in [-0.25, -0.2) is 4.39 Å². The van der Waals surface area contributed by atoms with E-state index in [1.165, 1.54) is 6.07 Å². The zero-order valence-electron chi connectivity index (χ0n) is 10.9. The number of nitrogens with zero attached hydrogens (tertiary/aromatic N) is 1. The highest BCUT2D eigenvalue weighted by molar-refractivity contribution is 5.78. The molecule has 0 radical (unpaired) electrons. The van der Waals surface area contributed by atoms with E-state index in [4.69, 9.17) is 5.73 Å². The van der Waals surface area contributed by atoms with Crippen LogP contribution in [-0.2, 0) is 11.3 Å².